The summed E-state index contributed by atoms with van der Waals surface area (Å²) in [4.78, 5) is 4.76. The first-order valence-corrected chi connectivity index (χ1v) is 9.74. The largest absolute Gasteiger partial charge is 0.493 e. The van der Waals surface area contributed by atoms with E-state index in [1.54, 1.807) is 7.11 Å². The molecule has 0 bridgehead atoms. The van der Waals surface area contributed by atoms with E-state index in [4.69, 9.17) is 19.1 Å². The van der Waals surface area contributed by atoms with Crippen molar-refractivity contribution in [3.63, 3.8) is 0 Å². The Kier molecular flexibility index (Phi) is 5.51. The maximum Gasteiger partial charge on any atom is 0.454 e. The van der Waals surface area contributed by atoms with Gasteiger partial charge >= 0.3 is 7.12 Å². The van der Waals surface area contributed by atoms with Gasteiger partial charge < -0.3 is 19.2 Å². The van der Waals surface area contributed by atoms with Gasteiger partial charge in [-0.05, 0) is 56.3 Å². The molecule has 0 radical (unpaired) electrons. The van der Waals surface area contributed by atoms with Crippen molar-refractivity contribution in [2.24, 2.45) is 0 Å². The molecule has 2 aromatic rings. The van der Waals surface area contributed by atoms with Gasteiger partial charge in [-0.3, -0.25) is 4.98 Å². The quantitative estimate of drug-likeness (QED) is 0.801. The molecule has 28 heavy (non-hydrogen) atoms. The molecule has 1 atom stereocenters. The minimum atomic E-state index is -0.738. The monoisotopic (exact) mass is 378 g/mol. The fraction of sp³-hybridized carbons (Fsp3) is 0.429. The van der Waals surface area contributed by atoms with Crippen LogP contribution in [0.5, 0.6) is 11.5 Å². The molecule has 2 fully saturated rings. The van der Waals surface area contributed by atoms with Crippen LogP contribution in [-0.2, 0) is 4.65 Å². The number of aromatic nitrogens is 1. The normalized spacial score (nSPS) is 19.6. The van der Waals surface area contributed by atoms with E-state index in [0.29, 0.717) is 35.7 Å². The highest BCUT2D eigenvalue weighted by Gasteiger charge is 2.31. The van der Waals surface area contributed by atoms with Crippen LogP contribution in [0.3, 0.4) is 0 Å². The SMILES string of the molecule is COc1ccc(-c2cccc(C3COB(O)C3)n2)c(C#N)c1OC1CCCC1. The molecule has 1 aliphatic carbocycles. The van der Waals surface area contributed by atoms with Crippen molar-refractivity contribution in [3.05, 3.63) is 41.6 Å². The van der Waals surface area contributed by atoms with Crippen LogP contribution in [0.4, 0.5) is 0 Å². The number of hydrogen-bond acceptors (Lipinski definition) is 6. The third-order valence-corrected chi connectivity index (χ3v) is 5.48. The second-order valence-electron chi connectivity index (χ2n) is 7.32. The van der Waals surface area contributed by atoms with Crippen LogP contribution < -0.4 is 9.47 Å². The Labute approximate surface area is 165 Å². The molecule has 1 unspecified atom stereocenters. The summed E-state index contributed by atoms with van der Waals surface area (Å²) in [7, 11) is 0.847. The summed E-state index contributed by atoms with van der Waals surface area (Å²) >= 11 is 0. The van der Waals surface area contributed by atoms with Crippen LogP contribution in [0.1, 0.15) is 42.9 Å². The zero-order valence-corrected chi connectivity index (χ0v) is 15.9. The van der Waals surface area contributed by atoms with Gasteiger partial charge in [0, 0.05) is 23.8 Å². The lowest BCUT2D eigenvalue weighted by Crippen LogP contribution is -2.13. The van der Waals surface area contributed by atoms with E-state index in [0.717, 1.165) is 36.9 Å². The number of benzene rings is 1. The van der Waals surface area contributed by atoms with Gasteiger partial charge in [-0.25, -0.2) is 0 Å². The van der Waals surface area contributed by atoms with E-state index in [1.165, 1.54) is 0 Å². The van der Waals surface area contributed by atoms with E-state index in [-0.39, 0.29) is 12.0 Å². The number of hydrogen-bond donors (Lipinski definition) is 1. The van der Waals surface area contributed by atoms with E-state index in [9.17, 15) is 10.3 Å². The lowest BCUT2D eigenvalue weighted by molar-refractivity contribution is 0.200. The third-order valence-electron chi connectivity index (χ3n) is 5.48. The molecule has 1 N–H and O–H groups in total. The minimum absolute atomic E-state index is 0.0490. The van der Waals surface area contributed by atoms with Gasteiger partial charge in [0.25, 0.3) is 0 Å². The van der Waals surface area contributed by atoms with Crippen LogP contribution in [0.2, 0.25) is 6.32 Å². The number of nitriles is 1. The Morgan fingerprint density at radius 1 is 1.25 bits per heavy atom. The van der Waals surface area contributed by atoms with Crippen LogP contribution in [-0.4, -0.2) is 36.9 Å². The lowest BCUT2D eigenvalue weighted by Gasteiger charge is -2.19. The fourth-order valence-corrected chi connectivity index (χ4v) is 3.98. The van der Waals surface area contributed by atoms with Gasteiger partial charge in [-0.1, -0.05) is 6.07 Å². The average Bonchev–Trinajstić information content (AvgIpc) is 3.39. The van der Waals surface area contributed by atoms with E-state index < -0.39 is 7.12 Å². The lowest BCUT2D eigenvalue weighted by atomic mass is 9.81. The van der Waals surface area contributed by atoms with Crippen molar-refractivity contribution in [3.8, 4) is 28.8 Å². The number of pyridine rings is 1. The second-order valence-corrected chi connectivity index (χ2v) is 7.32. The van der Waals surface area contributed by atoms with E-state index >= 15 is 0 Å². The summed E-state index contributed by atoms with van der Waals surface area (Å²) in [5.41, 5.74) is 2.72. The Balaban J connectivity index is 1.72. The van der Waals surface area contributed by atoms with E-state index in [2.05, 4.69) is 6.07 Å². The summed E-state index contributed by atoms with van der Waals surface area (Å²) in [6, 6.07) is 11.7. The Hall–Kier alpha value is -2.56. The highest BCUT2D eigenvalue weighted by atomic mass is 16.5. The number of methoxy groups -OCH3 is 1. The molecule has 1 aromatic carbocycles. The Bertz CT molecular complexity index is 892. The Morgan fingerprint density at radius 3 is 2.75 bits per heavy atom. The molecule has 1 aliphatic heterocycles. The van der Waals surface area contributed by atoms with Crippen LogP contribution >= 0.6 is 0 Å². The number of nitrogens with zero attached hydrogens (tertiary/aromatic N) is 2. The topological polar surface area (TPSA) is 84.6 Å². The van der Waals surface area contributed by atoms with Crippen molar-refractivity contribution >= 4 is 7.12 Å². The summed E-state index contributed by atoms with van der Waals surface area (Å²) in [6.45, 7) is 0.446. The van der Waals surface area contributed by atoms with Gasteiger partial charge in [0.2, 0.25) is 0 Å². The van der Waals surface area contributed by atoms with Crippen LogP contribution in [0, 0.1) is 11.3 Å². The van der Waals surface area contributed by atoms with Gasteiger partial charge in [0.15, 0.2) is 11.5 Å². The molecule has 1 saturated heterocycles. The first-order chi connectivity index (χ1) is 13.7. The summed E-state index contributed by atoms with van der Waals surface area (Å²) < 4.78 is 16.9. The van der Waals surface area contributed by atoms with Crippen LogP contribution in [0.25, 0.3) is 11.3 Å². The van der Waals surface area contributed by atoms with Crippen molar-refractivity contribution in [1.82, 2.24) is 4.98 Å². The highest BCUT2D eigenvalue weighted by Crippen LogP contribution is 2.40. The molecule has 0 amide bonds. The molecule has 2 aliphatic rings. The first kappa shape index (κ1) is 18.8. The molecule has 144 valence electrons. The molecular weight excluding hydrogens is 355 g/mol. The Morgan fingerprint density at radius 2 is 2.07 bits per heavy atom. The predicted molar refractivity (Wildman–Crippen MR) is 105 cm³/mol. The fourth-order valence-electron chi connectivity index (χ4n) is 3.98. The molecule has 7 heteroatoms. The standard InChI is InChI=1S/C21H23BN2O4/c1-26-20-10-9-16(17(12-23)21(20)28-15-5-2-3-6-15)19-8-4-7-18(24-19)14-11-22(25)27-13-14/h4,7-10,14-15,25H,2-3,5-6,11,13H2,1H3. The summed E-state index contributed by atoms with van der Waals surface area (Å²) in [5, 5.41) is 19.5. The molecule has 2 heterocycles. The van der Waals surface area contributed by atoms with Gasteiger partial charge in [0.1, 0.15) is 11.6 Å². The van der Waals surface area contributed by atoms with Crippen molar-refractivity contribution in [1.29, 1.82) is 5.26 Å². The van der Waals surface area contributed by atoms with Gasteiger partial charge in [0.05, 0.1) is 18.9 Å². The van der Waals surface area contributed by atoms with E-state index in [1.807, 2.05) is 30.3 Å². The smallest absolute Gasteiger partial charge is 0.454 e. The second kappa shape index (κ2) is 8.21. The molecule has 1 aromatic heterocycles. The third kappa shape index (κ3) is 3.71. The van der Waals surface area contributed by atoms with Crippen molar-refractivity contribution in [2.45, 2.75) is 44.0 Å². The maximum absolute atomic E-state index is 9.90. The molecule has 0 spiro atoms. The zero-order valence-electron chi connectivity index (χ0n) is 15.9. The number of rotatable bonds is 5. The van der Waals surface area contributed by atoms with Crippen LogP contribution in [0.15, 0.2) is 30.3 Å². The van der Waals surface area contributed by atoms with Crippen molar-refractivity contribution in [2.75, 3.05) is 13.7 Å². The van der Waals surface area contributed by atoms with Gasteiger partial charge in [-0.2, -0.15) is 5.26 Å². The predicted octanol–water partition coefficient (Wildman–Crippen LogP) is 3.54. The first-order valence-electron chi connectivity index (χ1n) is 9.74. The van der Waals surface area contributed by atoms with Gasteiger partial charge in [-0.15, -0.1) is 0 Å². The molecule has 6 nitrogen and oxygen atoms in total. The molecule has 1 saturated carbocycles. The zero-order chi connectivity index (χ0) is 19.5. The summed E-state index contributed by atoms with van der Waals surface area (Å²) in [5.74, 6) is 1.12. The molecular formula is C21H23BN2O4. The maximum atomic E-state index is 9.90. The number of ether oxygens (including phenoxy) is 2. The minimum Gasteiger partial charge on any atom is -0.493 e. The van der Waals surface area contributed by atoms with Crippen molar-refractivity contribution < 1.29 is 19.2 Å². The average molecular weight is 378 g/mol. The molecule has 4 rings (SSSR count). The highest BCUT2D eigenvalue weighted by molar-refractivity contribution is 6.43. The summed E-state index contributed by atoms with van der Waals surface area (Å²) in [6.07, 6.45) is 4.93.